The van der Waals surface area contributed by atoms with E-state index in [9.17, 15) is 4.79 Å². The number of hydrogen-bond acceptors (Lipinski definition) is 1. The van der Waals surface area contributed by atoms with Crippen molar-refractivity contribution in [1.29, 1.82) is 0 Å². The second kappa shape index (κ2) is 4.10. The molecule has 0 unspecified atom stereocenters. The number of rotatable bonds is 4. The zero-order valence-electron chi connectivity index (χ0n) is 7.71. The minimum atomic E-state index is 0.344. The number of aryl methyl sites for hydroxylation is 2. The van der Waals surface area contributed by atoms with Crippen LogP contribution in [0.4, 0.5) is 0 Å². The molecule has 0 bridgehead atoms. The van der Waals surface area contributed by atoms with E-state index >= 15 is 0 Å². The molecule has 0 fully saturated rings. The molecule has 2 nitrogen and oxygen atoms in total. The highest BCUT2D eigenvalue weighted by Crippen LogP contribution is 2.04. The third kappa shape index (κ3) is 2.22. The maximum atomic E-state index is 11.0. The van der Waals surface area contributed by atoms with Crippen molar-refractivity contribution in [2.75, 3.05) is 0 Å². The molecular weight excluding hydrogens is 150 g/mol. The summed E-state index contributed by atoms with van der Waals surface area (Å²) >= 11 is 0. The summed E-state index contributed by atoms with van der Waals surface area (Å²) in [7, 11) is 2.01. The lowest BCUT2D eigenvalue weighted by Gasteiger charge is -2.00. The van der Waals surface area contributed by atoms with Crippen molar-refractivity contribution < 1.29 is 4.79 Å². The van der Waals surface area contributed by atoms with Crippen LogP contribution in [0.5, 0.6) is 0 Å². The molecule has 1 heterocycles. The molecule has 0 aromatic carbocycles. The molecule has 2 heteroatoms. The van der Waals surface area contributed by atoms with Crippen molar-refractivity contribution in [3.05, 3.63) is 24.0 Å². The summed E-state index contributed by atoms with van der Waals surface area (Å²) in [5, 5.41) is 0. The van der Waals surface area contributed by atoms with Crippen LogP contribution < -0.4 is 0 Å². The smallest absolute Gasteiger partial charge is 0.133 e. The molecule has 0 radical (unpaired) electrons. The second-order valence-electron chi connectivity index (χ2n) is 3.00. The molecule has 0 aliphatic carbocycles. The van der Waals surface area contributed by atoms with Gasteiger partial charge in [-0.2, -0.15) is 0 Å². The number of hydrogen-bond donors (Lipinski definition) is 0. The monoisotopic (exact) mass is 165 g/mol. The molecule has 12 heavy (non-hydrogen) atoms. The highest BCUT2D eigenvalue weighted by Gasteiger charge is 2.01. The zero-order valence-corrected chi connectivity index (χ0v) is 7.71. The molecule has 66 valence electrons. The molecule has 0 atom stereocenters. The standard InChI is InChI=1S/C10H15NO/c1-3-10(12)7-6-9-5-4-8-11(9)2/h4-5,8H,3,6-7H2,1-2H3. The first kappa shape index (κ1) is 9.04. The van der Waals surface area contributed by atoms with Crippen LogP contribution in [0.3, 0.4) is 0 Å². The number of carbonyl (C=O) groups excluding carboxylic acids is 1. The number of ketones is 1. The van der Waals surface area contributed by atoms with Gasteiger partial charge in [0.25, 0.3) is 0 Å². The SMILES string of the molecule is CCC(=O)CCc1cccn1C. The molecule has 0 N–H and O–H groups in total. The van der Waals surface area contributed by atoms with Gasteiger partial charge in [-0.1, -0.05) is 6.92 Å². The first-order valence-corrected chi connectivity index (χ1v) is 4.36. The normalized spacial score (nSPS) is 10.2. The van der Waals surface area contributed by atoms with Gasteiger partial charge in [0.2, 0.25) is 0 Å². The Hall–Kier alpha value is -1.05. The predicted octanol–water partition coefficient (Wildman–Crippen LogP) is 1.94. The van der Waals surface area contributed by atoms with Crippen LogP contribution in [0.25, 0.3) is 0 Å². The van der Waals surface area contributed by atoms with E-state index in [1.54, 1.807) is 0 Å². The summed E-state index contributed by atoms with van der Waals surface area (Å²) in [5.41, 5.74) is 1.23. The van der Waals surface area contributed by atoms with Crippen LogP contribution in [0.1, 0.15) is 25.5 Å². The molecule has 0 saturated carbocycles. The number of aromatic nitrogens is 1. The maximum Gasteiger partial charge on any atom is 0.133 e. The van der Waals surface area contributed by atoms with Gasteiger partial charge >= 0.3 is 0 Å². The van der Waals surface area contributed by atoms with Crippen molar-refractivity contribution in [1.82, 2.24) is 4.57 Å². The maximum absolute atomic E-state index is 11.0. The van der Waals surface area contributed by atoms with Crippen molar-refractivity contribution in [3.8, 4) is 0 Å². The summed E-state index contributed by atoms with van der Waals surface area (Å²) in [6, 6.07) is 4.06. The Balaban J connectivity index is 2.43. The van der Waals surface area contributed by atoms with E-state index in [2.05, 4.69) is 10.6 Å². The van der Waals surface area contributed by atoms with Gasteiger partial charge in [0, 0.05) is 31.8 Å². The number of carbonyl (C=O) groups is 1. The Morgan fingerprint density at radius 1 is 1.58 bits per heavy atom. The van der Waals surface area contributed by atoms with Crippen LogP contribution >= 0.6 is 0 Å². The van der Waals surface area contributed by atoms with E-state index in [-0.39, 0.29) is 0 Å². The van der Waals surface area contributed by atoms with Gasteiger partial charge in [-0.05, 0) is 18.6 Å². The molecule has 1 aromatic heterocycles. The largest absolute Gasteiger partial charge is 0.354 e. The highest BCUT2D eigenvalue weighted by molar-refractivity contribution is 5.78. The summed E-state index contributed by atoms with van der Waals surface area (Å²) < 4.78 is 2.06. The lowest BCUT2D eigenvalue weighted by atomic mass is 10.1. The molecule has 0 saturated heterocycles. The van der Waals surface area contributed by atoms with Crippen LogP contribution in [0, 0.1) is 0 Å². The van der Waals surface area contributed by atoms with E-state index in [1.807, 2.05) is 26.2 Å². The minimum Gasteiger partial charge on any atom is -0.354 e. The Bertz CT molecular complexity index is 263. The average Bonchev–Trinajstić information content (AvgIpc) is 2.47. The fourth-order valence-corrected chi connectivity index (χ4v) is 1.20. The lowest BCUT2D eigenvalue weighted by molar-refractivity contribution is -0.118. The summed E-state index contributed by atoms with van der Waals surface area (Å²) in [6.45, 7) is 1.91. The third-order valence-electron chi connectivity index (χ3n) is 2.11. The number of Topliss-reactive ketones (excluding diaryl/α,β-unsaturated/α-hetero) is 1. The Labute approximate surface area is 73.2 Å². The third-order valence-corrected chi connectivity index (χ3v) is 2.11. The van der Waals surface area contributed by atoms with Crippen molar-refractivity contribution >= 4 is 5.78 Å². The molecule has 1 rings (SSSR count). The van der Waals surface area contributed by atoms with Gasteiger partial charge in [-0.15, -0.1) is 0 Å². The molecule has 0 aliphatic rings. The first-order valence-electron chi connectivity index (χ1n) is 4.36. The second-order valence-corrected chi connectivity index (χ2v) is 3.00. The van der Waals surface area contributed by atoms with Gasteiger partial charge in [0.1, 0.15) is 5.78 Å². The first-order chi connectivity index (χ1) is 5.74. The van der Waals surface area contributed by atoms with E-state index in [1.165, 1.54) is 5.69 Å². The Morgan fingerprint density at radius 2 is 2.33 bits per heavy atom. The number of nitrogens with zero attached hydrogens (tertiary/aromatic N) is 1. The quantitative estimate of drug-likeness (QED) is 0.668. The molecule has 1 aromatic rings. The van der Waals surface area contributed by atoms with Crippen molar-refractivity contribution in [2.45, 2.75) is 26.2 Å². The zero-order chi connectivity index (χ0) is 8.97. The highest BCUT2D eigenvalue weighted by atomic mass is 16.1. The van der Waals surface area contributed by atoms with Gasteiger partial charge in [0.15, 0.2) is 0 Å². The Morgan fingerprint density at radius 3 is 2.83 bits per heavy atom. The fourth-order valence-electron chi connectivity index (χ4n) is 1.20. The van der Waals surface area contributed by atoms with Crippen LogP contribution in [0.15, 0.2) is 18.3 Å². The molecule has 0 aliphatic heterocycles. The van der Waals surface area contributed by atoms with E-state index in [0.717, 1.165) is 6.42 Å². The van der Waals surface area contributed by atoms with Gasteiger partial charge in [-0.25, -0.2) is 0 Å². The van der Waals surface area contributed by atoms with Crippen molar-refractivity contribution in [3.63, 3.8) is 0 Å². The average molecular weight is 165 g/mol. The minimum absolute atomic E-state index is 0.344. The summed E-state index contributed by atoms with van der Waals surface area (Å²) in [6.07, 6.45) is 4.21. The molecular formula is C10H15NO. The molecule has 0 spiro atoms. The van der Waals surface area contributed by atoms with Crippen LogP contribution in [-0.4, -0.2) is 10.4 Å². The van der Waals surface area contributed by atoms with E-state index in [4.69, 9.17) is 0 Å². The van der Waals surface area contributed by atoms with E-state index < -0.39 is 0 Å². The molecule has 0 amide bonds. The van der Waals surface area contributed by atoms with Crippen LogP contribution in [-0.2, 0) is 18.3 Å². The summed E-state index contributed by atoms with van der Waals surface area (Å²) in [4.78, 5) is 11.0. The predicted molar refractivity (Wildman–Crippen MR) is 49.0 cm³/mol. The van der Waals surface area contributed by atoms with Gasteiger partial charge in [0.05, 0.1) is 0 Å². The van der Waals surface area contributed by atoms with Crippen molar-refractivity contribution in [2.24, 2.45) is 7.05 Å². The van der Waals surface area contributed by atoms with Gasteiger partial charge in [-0.3, -0.25) is 4.79 Å². The topological polar surface area (TPSA) is 22.0 Å². The summed E-state index contributed by atoms with van der Waals surface area (Å²) in [5.74, 6) is 0.344. The fraction of sp³-hybridized carbons (Fsp3) is 0.500. The van der Waals surface area contributed by atoms with Gasteiger partial charge < -0.3 is 4.57 Å². The lowest BCUT2D eigenvalue weighted by Crippen LogP contribution is -2.01. The van der Waals surface area contributed by atoms with Crippen LogP contribution in [0.2, 0.25) is 0 Å². The van der Waals surface area contributed by atoms with E-state index in [0.29, 0.717) is 18.6 Å². The Kier molecular flexibility index (Phi) is 3.09.